The quantitative estimate of drug-likeness (QED) is 0.876. The summed E-state index contributed by atoms with van der Waals surface area (Å²) in [6.07, 6.45) is 0. The highest BCUT2D eigenvalue weighted by molar-refractivity contribution is 6.31. The van der Waals surface area contributed by atoms with Crippen LogP contribution in [0.15, 0.2) is 48.5 Å². The van der Waals surface area contributed by atoms with Crippen LogP contribution in [-0.2, 0) is 0 Å². The maximum atomic E-state index is 10.3. The van der Waals surface area contributed by atoms with Crippen LogP contribution in [0.3, 0.4) is 0 Å². The number of hydrogen-bond acceptors (Lipinski definition) is 2. The Kier molecular flexibility index (Phi) is 6.03. The van der Waals surface area contributed by atoms with Crippen LogP contribution < -0.4 is 0 Å². The SMILES string of the molecule is O=C(O)c1ccc(Cl)cc1.O=C(O)c1cccc(Cl)c1. The van der Waals surface area contributed by atoms with Gasteiger partial charge in [-0.25, -0.2) is 9.59 Å². The van der Waals surface area contributed by atoms with Crippen LogP contribution in [0.1, 0.15) is 20.7 Å². The summed E-state index contributed by atoms with van der Waals surface area (Å²) in [5, 5.41) is 17.9. The first-order valence-electron chi connectivity index (χ1n) is 5.38. The van der Waals surface area contributed by atoms with E-state index >= 15 is 0 Å². The molecule has 2 aromatic rings. The number of hydrogen-bond donors (Lipinski definition) is 2. The van der Waals surface area contributed by atoms with Crippen LogP contribution in [0.25, 0.3) is 0 Å². The fourth-order valence-corrected chi connectivity index (χ4v) is 1.53. The molecule has 0 heterocycles. The van der Waals surface area contributed by atoms with Gasteiger partial charge in [0.05, 0.1) is 11.1 Å². The van der Waals surface area contributed by atoms with Crippen LogP contribution in [-0.4, -0.2) is 22.2 Å². The van der Waals surface area contributed by atoms with Crippen LogP contribution in [0.2, 0.25) is 10.0 Å². The summed E-state index contributed by atoms with van der Waals surface area (Å²) in [6.45, 7) is 0. The van der Waals surface area contributed by atoms with Gasteiger partial charge in [-0.3, -0.25) is 0 Å². The molecule has 0 saturated carbocycles. The van der Waals surface area contributed by atoms with Crippen molar-refractivity contribution in [3.8, 4) is 0 Å². The number of halogens is 2. The van der Waals surface area contributed by atoms with E-state index in [0.29, 0.717) is 10.0 Å². The van der Waals surface area contributed by atoms with Gasteiger partial charge in [0.1, 0.15) is 0 Å². The highest BCUT2D eigenvalue weighted by Gasteiger charge is 2.00. The topological polar surface area (TPSA) is 74.6 Å². The largest absolute Gasteiger partial charge is 0.478 e. The molecule has 6 heteroatoms. The number of carboxylic acid groups (broad SMARTS) is 2. The van der Waals surface area contributed by atoms with Crippen LogP contribution in [0.4, 0.5) is 0 Å². The molecule has 0 radical (unpaired) electrons. The Bertz CT molecular complexity index is 609. The van der Waals surface area contributed by atoms with Crippen molar-refractivity contribution in [2.24, 2.45) is 0 Å². The predicted octanol–water partition coefficient (Wildman–Crippen LogP) is 4.08. The second kappa shape index (κ2) is 7.53. The predicted molar refractivity (Wildman–Crippen MR) is 76.8 cm³/mol. The lowest BCUT2D eigenvalue weighted by molar-refractivity contribution is 0.0686. The number of rotatable bonds is 2. The molecule has 0 saturated heterocycles. The summed E-state index contributed by atoms with van der Waals surface area (Å²) in [4.78, 5) is 20.6. The Hall–Kier alpha value is -2.04. The van der Waals surface area contributed by atoms with Crippen molar-refractivity contribution in [1.29, 1.82) is 0 Å². The van der Waals surface area contributed by atoms with Gasteiger partial charge in [-0.2, -0.15) is 0 Å². The smallest absolute Gasteiger partial charge is 0.335 e. The maximum Gasteiger partial charge on any atom is 0.335 e. The van der Waals surface area contributed by atoms with Crippen LogP contribution >= 0.6 is 23.2 Å². The Morgan fingerprint density at radius 3 is 1.70 bits per heavy atom. The van der Waals surface area contributed by atoms with Crippen molar-refractivity contribution in [3.05, 3.63) is 69.7 Å². The summed E-state index contributed by atoms with van der Waals surface area (Å²) in [7, 11) is 0. The van der Waals surface area contributed by atoms with Crippen LogP contribution in [0, 0.1) is 0 Å². The molecule has 0 amide bonds. The van der Waals surface area contributed by atoms with Gasteiger partial charge in [-0.15, -0.1) is 0 Å². The second-order valence-corrected chi connectivity index (χ2v) is 4.50. The zero-order chi connectivity index (χ0) is 15.1. The molecule has 0 fully saturated rings. The summed E-state index contributed by atoms with van der Waals surface area (Å²) in [5.74, 6) is -1.89. The molecule has 2 N–H and O–H groups in total. The van der Waals surface area contributed by atoms with Crippen molar-refractivity contribution in [3.63, 3.8) is 0 Å². The number of carbonyl (C=O) groups is 2. The lowest BCUT2D eigenvalue weighted by atomic mass is 10.2. The van der Waals surface area contributed by atoms with E-state index < -0.39 is 11.9 Å². The molecular formula is C14H10Cl2O4. The van der Waals surface area contributed by atoms with E-state index in [-0.39, 0.29) is 11.1 Å². The molecule has 0 aromatic heterocycles. The highest BCUT2D eigenvalue weighted by atomic mass is 35.5. The van der Waals surface area contributed by atoms with Gasteiger partial charge in [0.15, 0.2) is 0 Å². The van der Waals surface area contributed by atoms with Crippen molar-refractivity contribution in [2.45, 2.75) is 0 Å². The van der Waals surface area contributed by atoms with E-state index in [0.717, 1.165) is 0 Å². The van der Waals surface area contributed by atoms with Gasteiger partial charge in [0.2, 0.25) is 0 Å². The highest BCUT2D eigenvalue weighted by Crippen LogP contribution is 2.10. The van der Waals surface area contributed by atoms with Crippen molar-refractivity contribution in [1.82, 2.24) is 0 Å². The first-order chi connectivity index (χ1) is 9.40. The number of aromatic carboxylic acids is 2. The summed E-state index contributed by atoms with van der Waals surface area (Å²) in [5.41, 5.74) is 0.469. The molecule has 0 aliphatic rings. The average molecular weight is 313 g/mol. The normalized spacial score (nSPS) is 9.30. The summed E-state index contributed by atoms with van der Waals surface area (Å²) >= 11 is 11.0. The fourth-order valence-electron chi connectivity index (χ4n) is 1.21. The molecule has 0 spiro atoms. The third-order valence-electron chi connectivity index (χ3n) is 2.16. The van der Waals surface area contributed by atoms with Crippen molar-refractivity contribution >= 4 is 35.1 Å². The Labute approximate surface area is 125 Å². The molecule has 104 valence electrons. The molecule has 0 aliphatic heterocycles. The van der Waals surface area contributed by atoms with Gasteiger partial charge in [-0.1, -0.05) is 29.3 Å². The van der Waals surface area contributed by atoms with E-state index in [1.165, 1.54) is 24.3 Å². The molecular weight excluding hydrogens is 303 g/mol. The minimum Gasteiger partial charge on any atom is -0.478 e. The third-order valence-corrected chi connectivity index (χ3v) is 2.65. The molecule has 0 atom stereocenters. The fraction of sp³-hybridized carbons (Fsp3) is 0. The lowest BCUT2D eigenvalue weighted by Gasteiger charge is -1.92. The van der Waals surface area contributed by atoms with Crippen molar-refractivity contribution in [2.75, 3.05) is 0 Å². The Balaban J connectivity index is 0.000000200. The number of benzene rings is 2. The number of carboxylic acids is 2. The van der Waals surface area contributed by atoms with E-state index in [1.807, 2.05) is 0 Å². The third kappa shape index (κ3) is 5.30. The monoisotopic (exact) mass is 312 g/mol. The Morgan fingerprint density at radius 2 is 1.30 bits per heavy atom. The second-order valence-electron chi connectivity index (χ2n) is 3.63. The molecule has 0 aliphatic carbocycles. The van der Waals surface area contributed by atoms with Gasteiger partial charge >= 0.3 is 11.9 Å². The standard InChI is InChI=1S/2C7H5ClO2/c8-6-3-1-5(2-4-6)7(9)10;8-6-3-1-2-5(4-6)7(9)10/h2*1-4H,(H,9,10). The van der Waals surface area contributed by atoms with Gasteiger partial charge < -0.3 is 10.2 Å². The van der Waals surface area contributed by atoms with E-state index in [4.69, 9.17) is 33.4 Å². The van der Waals surface area contributed by atoms with Crippen LogP contribution in [0.5, 0.6) is 0 Å². The molecule has 0 unspecified atom stereocenters. The Morgan fingerprint density at radius 1 is 0.750 bits per heavy atom. The van der Waals surface area contributed by atoms with E-state index in [1.54, 1.807) is 24.3 Å². The average Bonchev–Trinajstić information content (AvgIpc) is 2.40. The molecule has 2 aromatic carbocycles. The van der Waals surface area contributed by atoms with Crippen molar-refractivity contribution < 1.29 is 19.8 Å². The van der Waals surface area contributed by atoms with E-state index in [9.17, 15) is 9.59 Å². The molecule has 2 rings (SSSR count). The zero-order valence-electron chi connectivity index (χ0n) is 10.1. The lowest BCUT2D eigenvalue weighted by Crippen LogP contribution is -1.94. The first-order valence-corrected chi connectivity index (χ1v) is 6.13. The summed E-state index contributed by atoms with van der Waals surface area (Å²) < 4.78 is 0. The zero-order valence-corrected chi connectivity index (χ0v) is 11.6. The minimum absolute atomic E-state index is 0.215. The minimum atomic E-state index is -0.956. The molecule has 0 bridgehead atoms. The van der Waals surface area contributed by atoms with Gasteiger partial charge in [-0.05, 0) is 42.5 Å². The van der Waals surface area contributed by atoms with Gasteiger partial charge in [0, 0.05) is 10.0 Å². The maximum absolute atomic E-state index is 10.3. The first kappa shape index (κ1) is 16.0. The van der Waals surface area contributed by atoms with E-state index in [2.05, 4.69) is 0 Å². The molecule has 20 heavy (non-hydrogen) atoms. The van der Waals surface area contributed by atoms with Gasteiger partial charge in [0.25, 0.3) is 0 Å². The molecule has 4 nitrogen and oxygen atoms in total. The summed E-state index contributed by atoms with van der Waals surface area (Å²) in [6, 6.07) is 12.2.